The van der Waals surface area contributed by atoms with Crippen molar-refractivity contribution in [1.29, 1.82) is 0 Å². The van der Waals surface area contributed by atoms with Gasteiger partial charge in [-0.25, -0.2) is 0 Å². The summed E-state index contributed by atoms with van der Waals surface area (Å²) in [7, 11) is 3.85. The number of hydrogen-bond acceptors (Lipinski definition) is 7. The van der Waals surface area contributed by atoms with Crippen LogP contribution in [0.25, 0.3) is 0 Å². The van der Waals surface area contributed by atoms with E-state index in [4.69, 9.17) is 4.52 Å². The molecule has 0 bridgehead atoms. The molecule has 3 rings (SSSR count). The molecular formula is C11H17ClN6OS. The summed E-state index contributed by atoms with van der Waals surface area (Å²) in [5.41, 5.74) is 0. The Morgan fingerprint density at radius 1 is 1.40 bits per heavy atom. The van der Waals surface area contributed by atoms with Gasteiger partial charge >= 0.3 is 0 Å². The monoisotopic (exact) mass is 316 g/mol. The minimum atomic E-state index is 0. The van der Waals surface area contributed by atoms with E-state index < -0.39 is 0 Å². The average molecular weight is 317 g/mol. The molecule has 0 radical (unpaired) electrons. The molecule has 0 spiro atoms. The molecular weight excluding hydrogens is 300 g/mol. The van der Waals surface area contributed by atoms with Gasteiger partial charge in [0.2, 0.25) is 5.89 Å². The van der Waals surface area contributed by atoms with Gasteiger partial charge in [0, 0.05) is 13.0 Å². The largest absolute Gasteiger partial charge is 0.338 e. The first kappa shape index (κ1) is 15.3. The van der Waals surface area contributed by atoms with E-state index in [1.165, 1.54) is 12.8 Å². The topological polar surface area (TPSA) is 81.7 Å². The Labute approximate surface area is 127 Å². The van der Waals surface area contributed by atoms with Crippen molar-refractivity contribution in [2.45, 2.75) is 36.2 Å². The molecule has 0 amide bonds. The van der Waals surface area contributed by atoms with E-state index >= 15 is 0 Å². The number of aromatic nitrogens is 5. The maximum atomic E-state index is 5.23. The minimum Gasteiger partial charge on any atom is -0.338 e. The zero-order valence-corrected chi connectivity index (χ0v) is 13.0. The molecule has 1 aliphatic carbocycles. The number of nitrogens with one attached hydrogen (secondary N) is 1. The summed E-state index contributed by atoms with van der Waals surface area (Å²) in [6.07, 6.45) is 2.37. The van der Waals surface area contributed by atoms with Gasteiger partial charge in [-0.05, 0) is 19.9 Å². The molecule has 0 atom stereocenters. The molecule has 7 nitrogen and oxygen atoms in total. The summed E-state index contributed by atoms with van der Waals surface area (Å²) in [6, 6.07) is 0. The average Bonchev–Trinajstić information content (AvgIpc) is 3.06. The van der Waals surface area contributed by atoms with Gasteiger partial charge in [0.05, 0.1) is 12.3 Å². The SMILES string of the molecule is CNCc1nnc(SCc2nc(C3CC3)no2)n1C.Cl. The molecule has 1 N–H and O–H groups in total. The molecule has 9 heteroatoms. The summed E-state index contributed by atoms with van der Waals surface area (Å²) in [5, 5.41) is 16.2. The van der Waals surface area contributed by atoms with Crippen molar-refractivity contribution >= 4 is 24.2 Å². The molecule has 2 aromatic heterocycles. The van der Waals surface area contributed by atoms with Crippen LogP contribution in [-0.4, -0.2) is 32.0 Å². The minimum absolute atomic E-state index is 0. The van der Waals surface area contributed by atoms with Gasteiger partial charge < -0.3 is 14.4 Å². The van der Waals surface area contributed by atoms with Crippen LogP contribution in [0.4, 0.5) is 0 Å². The van der Waals surface area contributed by atoms with E-state index in [0.29, 0.717) is 24.1 Å². The Bertz CT molecular complexity index is 567. The second-order valence-corrected chi connectivity index (χ2v) is 5.54. The quantitative estimate of drug-likeness (QED) is 0.809. The van der Waals surface area contributed by atoms with E-state index in [2.05, 4.69) is 25.7 Å². The van der Waals surface area contributed by atoms with E-state index in [1.54, 1.807) is 11.8 Å². The number of hydrogen-bond donors (Lipinski definition) is 1. The van der Waals surface area contributed by atoms with E-state index in [0.717, 1.165) is 16.8 Å². The second kappa shape index (κ2) is 6.55. The van der Waals surface area contributed by atoms with Crippen molar-refractivity contribution in [3.63, 3.8) is 0 Å². The predicted molar refractivity (Wildman–Crippen MR) is 76.8 cm³/mol. The first-order chi connectivity index (χ1) is 9.28. The van der Waals surface area contributed by atoms with Crippen LogP contribution in [0, 0.1) is 0 Å². The second-order valence-electron chi connectivity index (χ2n) is 4.60. The summed E-state index contributed by atoms with van der Waals surface area (Å²) < 4.78 is 7.20. The van der Waals surface area contributed by atoms with Crippen molar-refractivity contribution in [2.24, 2.45) is 7.05 Å². The summed E-state index contributed by atoms with van der Waals surface area (Å²) >= 11 is 1.56. The van der Waals surface area contributed by atoms with Gasteiger partial charge in [-0.2, -0.15) is 4.98 Å². The van der Waals surface area contributed by atoms with Crippen molar-refractivity contribution in [1.82, 2.24) is 30.2 Å². The van der Waals surface area contributed by atoms with Gasteiger partial charge in [0.25, 0.3) is 0 Å². The first-order valence-corrected chi connectivity index (χ1v) is 7.24. The number of halogens is 1. The Kier molecular flexibility index (Phi) is 5.00. The molecule has 110 valence electrons. The van der Waals surface area contributed by atoms with Crippen LogP contribution in [-0.2, 0) is 19.3 Å². The van der Waals surface area contributed by atoms with Gasteiger partial charge in [-0.1, -0.05) is 16.9 Å². The van der Waals surface area contributed by atoms with Crippen LogP contribution in [0.15, 0.2) is 9.68 Å². The van der Waals surface area contributed by atoms with E-state index in [-0.39, 0.29) is 12.4 Å². The van der Waals surface area contributed by atoms with Gasteiger partial charge in [-0.15, -0.1) is 22.6 Å². The fourth-order valence-corrected chi connectivity index (χ4v) is 2.51. The van der Waals surface area contributed by atoms with Crippen molar-refractivity contribution in [2.75, 3.05) is 7.05 Å². The maximum absolute atomic E-state index is 5.23. The fraction of sp³-hybridized carbons (Fsp3) is 0.636. The lowest BCUT2D eigenvalue weighted by Crippen LogP contribution is -2.10. The van der Waals surface area contributed by atoms with Crippen LogP contribution in [0.1, 0.15) is 36.3 Å². The third-order valence-corrected chi connectivity index (χ3v) is 4.02. The smallest absolute Gasteiger partial charge is 0.237 e. The molecule has 1 saturated carbocycles. The lowest BCUT2D eigenvalue weighted by atomic mass is 10.4. The molecule has 2 heterocycles. The predicted octanol–water partition coefficient (Wildman–Crippen LogP) is 1.51. The molecule has 0 aliphatic heterocycles. The normalized spacial score (nSPS) is 14.3. The summed E-state index contributed by atoms with van der Waals surface area (Å²) in [6.45, 7) is 0.705. The lowest BCUT2D eigenvalue weighted by Gasteiger charge is -2.01. The van der Waals surface area contributed by atoms with E-state index in [1.807, 2.05) is 18.7 Å². The molecule has 2 aromatic rings. The third-order valence-electron chi connectivity index (χ3n) is 3.01. The maximum Gasteiger partial charge on any atom is 0.237 e. The highest BCUT2D eigenvalue weighted by molar-refractivity contribution is 7.98. The Morgan fingerprint density at radius 3 is 2.90 bits per heavy atom. The highest BCUT2D eigenvalue weighted by atomic mass is 35.5. The zero-order chi connectivity index (χ0) is 13.2. The molecule has 0 unspecified atom stereocenters. The number of rotatable bonds is 6. The zero-order valence-electron chi connectivity index (χ0n) is 11.4. The number of nitrogens with zero attached hydrogens (tertiary/aromatic N) is 5. The molecule has 0 aromatic carbocycles. The van der Waals surface area contributed by atoms with Crippen molar-refractivity contribution < 1.29 is 4.52 Å². The lowest BCUT2D eigenvalue weighted by molar-refractivity contribution is 0.385. The van der Waals surface area contributed by atoms with Crippen molar-refractivity contribution in [3.8, 4) is 0 Å². The number of thioether (sulfide) groups is 1. The first-order valence-electron chi connectivity index (χ1n) is 6.26. The van der Waals surface area contributed by atoms with Crippen LogP contribution >= 0.6 is 24.2 Å². The molecule has 20 heavy (non-hydrogen) atoms. The van der Waals surface area contributed by atoms with Crippen LogP contribution < -0.4 is 5.32 Å². The third kappa shape index (κ3) is 3.31. The van der Waals surface area contributed by atoms with Crippen LogP contribution in [0.3, 0.4) is 0 Å². The summed E-state index contributed by atoms with van der Waals surface area (Å²) in [4.78, 5) is 4.39. The Morgan fingerprint density at radius 2 is 2.20 bits per heavy atom. The Hall–Kier alpha value is -1.12. The van der Waals surface area contributed by atoms with Crippen LogP contribution in [0.5, 0.6) is 0 Å². The van der Waals surface area contributed by atoms with E-state index in [9.17, 15) is 0 Å². The fourth-order valence-electron chi connectivity index (χ4n) is 1.74. The highest BCUT2D eigenvalue weighted by Crippen LogP contribution is 2.38. The van der Waals surface area contributed by atoms with Crippen molar-refractivity contribution in [3.05, 3.63) is 17.5 Å². The van der Waals surface area contributed by atoms with Gasteiger partial charge in [0.15, 0.2) is 11.0 Å². The molecule has 0 saturated heterocycles. The van der Waals surface area contributed by atoms with Crippen LogP contribution in [0.2, 0.25) is 0 Å². The molecule has 1 aliphatic rings. The highest BCUT2D eigenvalue weighted by Gasteiger charge is 2.28. The molecule has 1 fully saturated rings. The summed E-state index contributed by atoms with van der Waals surface area (Å²) in [5.74, 6) is 3.58. The Balaban J connectivity index is 0.00000147. The van der Waals surface area contributed by atoms with Gasteiger partial charge in [-0.3, -0.25) is 0 Å². The standard InChI is InChI=1S/C11H16N6OS.ClH/c1-12-5-8-14-15-11(17(8)2)19-6-9-13-10(16-18-9)7-3-4-7;/h7,12H,3-6H2,1-2H3;1H. The van der Waals surface area contributed by atoms with Gasteiger partial charge in [0.1, 0.15) is 5.82 Å².